The Morgan fingerprint density at radius 1 is 1.17 bits per heavy atom. The number of nitrogens with zero attached hydrogens (tertiary/aromatic N) is 2. The highest BCUT2D eigenvalue weighted by Gasteiger charge is 2.51. The van der Waals surface area contributed by atoms with Crippen LogP contribution in [0.2, 0.25) is 0 Å². The standard InChI is InChI=1S/C24H26BrN3O2/c25-18-6-7-20-21(12-18)24(9-10-24)16-28(23(20)30)15-22(29)26-19-8-11-27(14-19)13-17-4-2-1-3-5-17/h1-7,12,19H,8-11,13-16H2,(H,26,29)/t19-/m0/s1. The minimum absolute atomic E-state index is 0.0256. The van der Waals surface area contributed by atoms with Crippen LogP contribution in [0.4, 0.5) is 0 Å². The third kappa shape index (κ3) is 3.91. The number of hydrogen-bond acceptors (Lipinski definition) is 3. The molecule has 2 amide bonds. The van der Waals surface area contributed by atoms with Gasteiger partial charge in [0.05, 0.1) is 6.54 Å². The maximum Gasteiger partial charge on any atom is 0.254 e. The van der Waals surface area contributed by atoms with Crippen molar-refractivity contribution in [3.8, 4) is 0 Å². The van der Waals surface area contributed by atoms with Gasteiger partial charge >= 0.3 is 0 Å². The van der Waals surface area contributed by atoms with Crippen LogP contribution in [0, 0.1) is 0 Å². The second-order valence-electron chi connectivity index (χ2n) is 8.91. The van der Waals surface area contributed by atoms with Gasteiger partial charge in [-0.05, 0) is 48.6 Å². The van der Waals surface area contributed by atoms with Crippen molar-refractivity contribution in [2.75, 3.05) is 26.2 Å². The second kappa shape index (κ2) is 7.82. The van der Waals surface area contributed by atoms with E-state index in [1.54, 1.807) is 4.90 Å². The highest BCUT2D eigenvalue weighted by Crippen LogP contribution is 2.52. The van der Waals surface area contributed by atoms with Crippen molar-refractivity contribution >= 4 is 27.7 Å². The normalized spacial score (nSPS) is 22.2. The average Bonchev–Trinajstić information content (AvgIpc) is 3.38. The first-order valence-electron chi connectivity index (χ1n) is 10.7. The molecule has 2 fully saturated rings. The van der Waals surface area contributed by atoms with E-state index in [0.717, 1.165) is 54.5 Å². The minimum atomic E-state index is -0.0497. The van der Waals surface area contributed by atoms with Crippen LogP contribution in [0.25, 0.3) is 0 Å². The number of halogens is 1. The lowest BCUT2D eigenvalue weighted by Gasteiger charge is -2.34. The van der Waals surface area contributed by atoms with Gasteiger partial charge in [-0.2, -0.15) is 0 Å². The van der Waals surface area contributed by atoms with Gasteiger partial charge in [0.25, 0.3) is 5.91 Å². The topological polar surface area (TPSA) is 52.7 Å². The molecule has 2 aliphatic heterocycles. The van der Waals surface area contributed by atoms with Crippen LogP contribution in [0.5, 0.6) is 0 Å². The molecule has 0 radical (unpaired) electrons. The smallest absolute Gasteiger partial charge is 0.254 e. The molecule has 6 heteroatoms. The zero-order chi connectivity index (χ0) is 20.7. The van der Waals surface area contributed by atoms with Crippen molar-refractivity contribution in [1.29, 1.82) is 0 Å². The van der Waals surface area contributed by atoms with Crippen LogP contribution in [-0.4, -0.2) is 53.8 Å². The maximum absolute atomic E-state index is 13.0. The number of nitrogens with one attached hydrogen (secondary N) is 1. The molecule has 5 rings (SSSR count). The molecule has 5 nitrogen and oxygen atoms in total. The fourth-order valence-electron chi connectivity index (χ4n) is 4.92. The third-order valence-electron chi connectivity index (χ3n) is 6.64. The van der Waals surface area contributed by atoms with Gasteiger partial charge in [-0.3, -0.25) is 14.5 Å². The summed E-state index contributed by atoms with van der Waals surface area (Å²) in [6, 6.07) is 16.5. The highest BCUT2D eigenvalue weighted by atomic mass is 79.9. The monoisotopic (exact) mass is 467 g/mol. The van der Waals surface area contributed by atoms with Crippen molar-refractivity contribution in [2.45, 2.75) is 37.3 Å². The molecule has 156 valence electrons. The Bertz CT molecular complexity index is 974. The van der Waals surface area contributed by atoms with E-state index in [2.05, 4.69) is 56.5 Å². The summed E-state index contributed by atoms with van der Waals surface area (Å²) in [5, 5.41) is 3.16. The number of amides is 2. The number of carbonyl (C=O) groups excluding carboxylic acids is 2. The van der Waals surface area contributed by atoms with Gasteiger partial charge in [-0.1, -0.05) is 46.3 Å². The van der Waals surface area contributed by atoms with Gasteiger partial charge < -0.3 is 10.2 Å². The number of benzene rings is 2. The summed E-state index contributed by atoms with van der Waals surface area (Å²) >= 11 is 3.53. The van der Waals surface area contributed by atoms with Crippen LogP contribution >= 0.6 is 15.9 Å². The fourth-order valence-corrected chi connectivity index (χ4v) is 5.28. The van der Waals surface area contributed by atoms with E-state index in [1.165, 1.54) is 5.56 Å². The largest absolute Gasteiger partial charge is 0.350 e. The van der Waals surface area contributed by atoms with Crippen molar-refractivity contribution in [3.63, 3.8) is 0 Å². The first-order valence-corrected chi connectivity index (χ1v) is 11.5. The summed E-state index contributed by atoms with van der Waals surface area (Å²) in [5.41, 5.74) is 3.24. The van der Waals surface area contributed by atoms with E-state index >= 15 is 0 Å². The third-order valence-corrected chi connectivity index (χ3v) is 7.13. The summed E-state index contributed by atoms with van der Waals surface area (Å²) in [5.74, 6) is -0.0754. The molecule has 1 aliphatic carbocycles. The van der Waals surface area contributed by atoms with Crippen molar-refractivity contribution in [2.24, 2.45) is 0 Å². The Hall–Kier alpha value is -2.18. The van der Waals surface area contributed by atoms with Gasteiger partial charge in [0.1, 0.15) is 0 Å². The molecule has 2 aromatic carbocycles. The van der Waals surface area contributed by atoms with E-state index in [9.17, 15) is 9.59 Å². The van der Waals surface area contributed by atoms with Crippen molar-refractivity contribution < 1.29 is 9.59 Å². The molecular weight excluding hydrogens is 442 g/mol. The van der Waals surface area contributed by atoms with E-state index < -0.39 is 0 Å². The predicted molar refractivity (Wildman–Crippen MR) is 119 cm³/mol. The molecule has 2 aromatic rings. The van der Waals surface area contributed by atoms with Gasteiger partial charge in [0.15, 0.2) is 0 Å². The maximum atomic E-state index is 13.0. The van der Waals surface area contributed by atoms with E-state index in [4.69, 9.17) is 0 Å². The van der Waals surface area contributed by atoms with Crippen LogP contribution in [0.3, 0.4) is 0 Å². The minimum Gasteiger partial charge on any atom is -0.350 e. The van der Waals surface area contributed by atoms with Crippen LogP contribution in [0.15, 0.2) is 53.0 Å². The van der Waals surface area contributed by atoms with Gasteiger partial charge in [-0.15, -0.1) is 0 Å². The number of fused-ring (bicyclic) bond motifs is 2. The first kappa shape index (κ1) is 19.8. The molecule has 2 heterocycles. The predicted octanol–water partition coefficient (Wildman–Crippen LogP) is 3.33. The lowest BCUT2D eigenvalue weighted by molar-refractivity contribution is -0.122. The summed E-state index contributed by atoms with van der Waals surface area (Å²) in [6.07, 6.45) is 3.12. The van der Waals surface area contributed by atoms with E-state index in [-0.39, 0.29) is 29.8 Å². The Labute approximate surface area is 185 Å². The molecule has 1 saturated heterocycles. The first-order chi connectivity index (χ1) is 14.5. The summed E-state index contributed by atoms with van der Waals surface area (Å²) in [4.78, 5) is 29.9. The fraction of sp³-hybridized carbons (Fsp3) is 0.417. The quantitative estimate of drug-likeness (QED) is 0.733. The van der Waals surface area contributed by atoms with Gasteiger partial charge in [0.2, 0.25) is 5.91 Å². The molecule has 0 bridgehead atoms. The number of carbonyl (C=O) groups is 2. The summed E-state index contributed by atoms with van der Waals surface area (Å²) < 4.78 is 1.01. The Morgan fingerprint density at radius 2 is 1.97 bits per heavy atom. The summed E-state index contributed by atoms with van der Waals surface area (Å²) in [6.45, 7) is 3.54. The lowest BCUT2D eigenvalue weighted by atomic mass is 9.86. The lowest BCUT2D eigenvalue weighted by Crippen LogP contribution is -2.49. The zero-order valence-electron chi connectivity index (χ0n) is 16.9. The SMILES string of the molecule is O=C(CN1CC2(CC2)c2cc(Br)ccc2C1=O)N[C@H]1CCN(Cc2ccccc2)C1. The van der Waals surface area contributed by atoms with Gasteiger partial charge in [0, 0.05) is 47.7 Å². The molecule has 1 spiro atoms. The molecule has 1 N–H and O–H groups in total. The number of hydrogen-bond donors (Lipinski definition) is 1. The summed E-state index contributed by atoms with van der Waals surface area (Å²) in [7, 11) is 0. The van der Waals surface area contributed by atoms with Crippen LogP contribution < -0.4 is 5.32 Å². The second-order valence-corrected chi connectivity index (χ2v) is 9.82. The number of rotatable bonds is 5. The van der Waals surface area contributed by atoms with E-state index in [0.29, 0.717) is 6.54 Å². The Morgan fingerprint density at radius 3 is 2.73 bits per heavy atom. The molecular formula is C24H26BrN3O2. The molecule has 1 saturated carbocycles. The van der Waals surface area contributed by atoms with Crippen LogP contribution in [0.1, 0.15) is 40.7 Å². The molecule has 0 unspecified atom stereocenters. The molecule has 0 aromatic heterocycles. The van der Waals surface area contributed by atoms with Crippen molar-refractivity contribution in [1.82, 2.24) is 15.1 Å². The van der Waals surface area contributed by atoms with Crippen molar-refractivity contribution in [3.05, 3.63) is 69.7 Å². The highest BCUT2D eigenvalue weighted by molar-refractivity contribution is 9.10. The Kier molecular flexibility index (Phi) is 5.15. The van der Waals surface area contributed by atoms with Crippen LogP contribution in [-0.2, 0) is 16.8 Å². The average molecular weight is 468 g/mol. The Balaban J connectivity index is 1.18. The van der Waals surface area contributed by atoms with E-state index in [1.807, 2.05) is 18.2 Å². The molecule has 30 heavy (non-hydrogen) atoms. The number of likely N-dealkylation sites (tertiary alicyclic amines) is 1. The molecule has 3 aliphatic rings. The zero-order valence-corrected chi connectivity index (χ0v) is 18.5. The van der Waals surface area contributed by atoms with Gasteiger partial charge in [-0.25, -0.2) is 0 Å². The molecule has 1 atom stereocenters.